The van der Waals surface area contributed by atoms with Gasteiger partial charge in [0.15, 0.2) is 0 Å². The molecule has 1 fully saturated rings. The average Bonchev–Trinajstić information content (AvgIpc) is 2.43. The van der Waals surface area contributed by atoms with Gasteiger partial charge in [-0.25, -0.2) is 0 Å². The molecule has 1 saturated heterocycles. The normalized spacial score (nSPS) is 17.1. The van der Waals surface area contributed by atoms with Crippen LogP contribution in [0, 0.1) is 0 Å². The van der Waals surface area contributed by atoms with E-state index in [2.05, 4.69) is 26.1 Å². The third-order valence-electron chi connectivity index (χ3n) is 3.61. The van der Waals surface area contributed by atoms with Crippen LogP contribution in [0.4, 0.5) is 13.2 Å². The van der Waals surface area contributed by atoms with Gasteiger partial charge >= 0.3 is 6.18 Å². The van der Waals surface area contributed by atoms with Crippen molar-refractivity contribution in [3.8, 4) is 0 Å². The van der Waals surface area contributed by atoms with Crippen LogP contribution < -0.4 is 5.32 Å². The molecular formula is C14H19BrCl3F3N2. The molecule has 0 spiro atoms. The molecule has 0 bridgehead atoms. The predicted molar refractivity (Wildman–Crippen MR) is 96.1 cm³/mol. The van der Waals surface area contributed by atoms with Gasteiger partial charge in [-0.1, -0.05) is 27.5 Å². The molecule has 1 aromatic carbocycles. The average molecular weight is 459 g/mol. The number of piperazine rings is 1. The molecule has 1 aliphatic rings. The number of halogens is 7. The highest BCUT2D eigenvalue weighted by atomic mass is 79.9. The molecular weight excluding hydrogens is 439 g/mol. The second-order valence-corrected chi connectivity index (χ2v) is 6.41. The molecule has 0 amide bonds. The lowest BCUT2D eigenvalue weighted by atomic mass is 9.99. The first-order valence-corrected chi connectivity index (χ1v) is 8.00. The van der Waals surface area contributed by atoms with Gasteiger partial charge in [0.05, 0.1) is 0 Å². The first-order valence-electron chi connectivity index (χ1n) is 6.83. The van der Waals surface area contributed by atoms with Gasteiger partial charge in [0.25, 0.3) is 0 Å². The smallest absolute Gasteiger partial charge is 0.314 e. The molecule has 2 nitrogen and oxygen atoms in total. The summed E-state index contributed by atoms with van der Waals surface area (Å²) in [6, 6.07) is 5.00. The monoisotopic (exact) mass is 456 g/mol. The van der Waals surface area contributed by atoms with Crippen molar-refractivity contribution in [2.24, 2.45) is 0 Å². The van der Waals surface area contributed by atoms with Gasteiger partial charge in [-0.2, -0.15) is 13.2 Å². The van der Waals surface area contributed by atoms with Crippen molar-refractivity contribution in [3.63, 3.8) is 0 Å². The Balaban J connectivity index is 0.00000242. The van der Waals surface area contributed by atoms with Gasteiger partial charge in [0.1, 0.15) is 0 Å². The number of nitrogens with zero attached hydrogens (tertiary/aromatic N) is 1. The summed E-state index contributed by atoms with van der Waals surface area (Å²) in [5.74, 6) is 0. The lowest BCUT2D eigenvalue weighted by Gasteiger charge is -2.36. The second-order valence-electron chi connectivity index (χ2n) is 5.12. The molecule has 2 rings (SSSR count). The van der Waals surface area contributed by atoms with Crippen LogP contribution in [0.15, 0.2) is 22.7 Å². The van der Waals surface area contributed by atoms with Crippen LogP contribution in [-0.4, -0.2) is 37.3 Å². The van der Waals surface area contributed by atoms with E-state index < -0.39 is 12.6 Å². The zero-order valence-electron chi connectivity index (χ0n) is 12.2. The SMILES string of the molecule is Cl.Cl.FC(F)(F)CC[C@H](c1cc(Cl)ccc1Br)N1CCNCC1. The number of benzene rings is 1. The summed E-state index contributed by atoms with van der Waals surface area (Å²) in [5, 5.41) is 3.76. The Bertz CT molecular complexity index is 483. The molecule has 1 aromatic rings. The summed E-state index contributed by atoms with van der Waals surface area (Å²) in [6.07, 6.45) is -4.89. The van der Waals surface area contributed by atoms with E-state index in [1.54, 1.807) is 18.2 Å². The molecule has 1 N–H and O–H groups in total. The van der Waals surface area contributed by atoms with E-state index >= 15 is 0 Å². The van der Waals surface area contributed by atoms with Crippen molar-refractivity contribution >= 4 is 52.3 Å². The standard InChI is InChI=1S/C14H17BrClF3N2.2ClH/c15-12-2-1-10(16)9-11(12)13(3-4-14(17,18)19)21-7-5-20-6-8-21;;/h1-2,9,13,20H,3-8H2;2*1H/t13-;;/m1../s1. The van der Waals surface area contributed by atoms with E-state index in [-0.39, 0.29) is 37.3 Å². The minimum absolute atomic E-state index is 0. The summed E-state index contributed by atoms with van der Waals surface area (Å²) in [6.45, 7) is 3.06. The van der Waals surface area contributed by atoms with Gasteiger partial charge in [0, 0.05) is 48.1 Å². The van der Waals surface area contributed by atoms with E-state index in [0.717, 1.165) is 36.2 Å². The Hall–Kier alpha value is 0.280. The van der Waals surface area contributed by atoms with Crippen molar-refractivity contribution in [1.82, 2.24) is 10.2 Å². The zero-order chi connectivity index (χ0) is 15.5. The molecule has 1 atom stereocenters. The number of nitrogens with one attached hydrogen (secondary N) is 1. The van der Waals surface area contributed by atoms with E-state index in [1.165, 1.54) is 0 Å². The largest absolute Gasteiger partial charge is 0.389 e. The Morgan fingerprint density at radius 2 is 1.83 bits per heavy atom. The molecule has 0 aliphatic carbocycles. The van der Waals surface area contributed by atoms with Crippen LogP contribution in [0.5, 0.6) is 0 Å². The highest BCUT2D eigenvalue weighted by Crippen LogP contribution is 2.36. The summed E-state index contributed by atoms with van der Waals surface area (Å²) < 4.78 is 38.6. The fourth-order valence-electron chi connectivity index (χ4n) is 2.60. The maximum Gasteiger partial charge on any atom is 0.389 e. The molecule has 23 heavy (non-hydrogen) atoms. The number of alkyl halides is 3. The van der Waals surface area contributed by atoms with E-state index in [0.29, 0.717) is 5.02 Å². The van der Waals surface area contributed by atoms with E-state index in [4.69, 9.17) is 11.6 Å². The highest BCUT2D eigenvalue weighted by molar-refractivity contribution is 9.10. The van der Waals surface area contributed by atoms with Crippen LogP contribution in [0.2, 0.25) is 5.02 Å². The van der Waals surface area contributed by atoms with Crippen molar-refractivity contribution < 1.29 is 13.2 Å². The number of rotatable bonds is 4. The third kappa shape index (κ3) is 7.36. The van der Waals surface area contributed by atoms with Gasteiger partial charge in [-0.15, -0.1) is 24.8 Å². The number of hydrogen-bond acceptors (Lipinski definition) is 2. The van der Waals surface area contributed by atoms with Gasteiger partial charge < -0.3 is 5.32 Å². The minimum Gasteiger partial charge on any atom is -0.314 e. The van der Waals surface area contributed by atoms with Gasteiger partial charge in [-0.05, 0) is 30.2 Å². The van der Waals surface area contributed by atoms with Crippen LogP contribution >= 0.6 is 52.3 Å². The van der Waals surface area contributed by atoms with Gasteiger partial charge in [0.2, 0.25) is 0 Å². The summed E-state index contributed by atoms with van der Waals surface area (Å²) >= 11 is 9.45. The van der Waals surface area contributed by atoms with Crippen LogP contribution in [0.1, 0.15) is 24.4 Å². The first-order chi connectivity index (χ1) is 9.87. The van der Waals surface area contributed by atoms with Crippen molar-refractivity contribution in [3.05, 3.63) is 33.3 Å². The maximum atomic E-state index is 12.6. The molecule has 1 heterocycles. The molecule has 0 aromatic heterocycles. The lowest BCUT2D eigenvalue weighted by Crippen LogP contribution is -2.45. The second kappa shape index (κ2) is 10.3. The molecule has 134 valence electrons. The fraction of sp³-hybridized carbons (Fsp3) is 0.571. The Morgan fingerprint density at radius 3 is 2.39 bits per heavy atom. The molecule has 0 radical (unpaired) electrons. The van der Waals surface area contributed by atoms with Crippen LogP contribution in [-0.2, 0) is 0 Å². The maximum absolute atomic E-state index is 12.6. The first kappa shape index (κ1) is 23.3. The topological polar surface area (TPSA) is 15.3 Å². The molecule has 0 unspecified atom stereocenters. The molecule has 0 saturated carbocycles. The predicted octanol–water partition coefficient (Wildman–Crippen LogP) is 5.23. The Labute approximate surface area is 160 Å². The van der Waals surface area contributed by atoms with E-state index in [9.17, 15) is 13.2 Å². The quantitative estimate of drug-likeness (QED) is 0.664. The van der Waals surface area contributed by atoms with Crippen molar-refractivity contribution in [2.45, 2.75) is 25.1 Å². The molecule has 1 aliphatic heterocycles. The lowest BCUT2D eigenvalue weighted by molar-refractivity contribution is -0.138. The summed E-state index contributed by atoms with van der Waals surface area (Å²) in [7, 11) is 0. The van der Waals surface area contributed by atoms with E-state index in [1.807, 2.05) is 0 Å². The zero-order valence-corrected chi connectivity index (χ0v) is 16.2. The Morgan fingerprint density at radius 1 is 1.22 bits per heavy atom. The highest BCUT2D eigenvalue weighted by Gasteiger charge is 2.32. The summed E-state index contributed by atoms with van der Waals surface area (Å²) in [4.78, 5) is 2.10. The fourth-order valence-corrected chi connectivity index (χ4v) is 3.29. The summed E-state index contributed by atoms with van der Waals surface area (Å²) in [5.41, 5.74) is 0.827. The molecule has 9 heteroatoms. The van der Waals surface area contributed by atoms with Crippen molar-refractivity contribution in [1.29, 1.82) is 0 Å². The van der Waals surface area contributed by atoms with Crippen molar-refractivity contribution in [2.75, 3.05) is 26.2 Å². The van der Waals surface area contributed by atoms with Crippen LogP contribution in [0.25, 0.3) is 0 Å². The third-order valence-corrected chi connectivity index (χ3v) is 4.57. The number of hydrogen-bond donors (Lipinski definition) is 1. The minimum atomic E-state index is -4.14. The van der Waals surface area contributed by atoms with Gasteiger partial charge in [-0.3, -0.25) is 4.90 Å². The Kier molecular flexibility index (Phi) is 10.4. The van der Waals surface area contributed by atoms with Crippen LogP contribution in [0.3, 0.4) is 0 Å².